The molecule has 1 heterocycles. The number of aromatic nitrogens is 3. The van der Waals surface area contributed by atoms with Crippen molar-refractivity contribution in [1.29, 1.82) is 0 Å². The first-order valence-electron chi connectivity index (χ1n) is 6.87. The van der Waals surface area contributed by atoms with Crippen LogP contribution in [-0.4, -0.2) is 21.5 Å². The van der Waals surface area contributed by atoms with Gasteiger partial charge in [-0.05, 0) is 37.6 Å². The normalized spacial score (nSPS) is 17.3. The second-order valence-corrected chi connectivity index (χ2v) is 5.40. The molecule has 4 heteroatoms. The quantitative estimate of drug-likeness (QED) is 0.752. The Kier molecular flexibility index (Phi) is 4.54. The molecule has 1 N–H and O–H groups in total. The molecule has 1 fully saturated rings. The molecule has 1 aliphatic carbocycles. The molecule has 1 unspecified atom stereocenters. The van der Waals surface area contributed by atoms with E-state index in [1.165, 1.54) is 25.7 Å². The van der Waals surface area contributed by atoms with Gasteiger partial charge in [0.1, 0.15) is 0 Å². The third-order valence-corrected chi connectivity index (χ3v) is 3.30. The van der Waals surface area contributed by atoms with Crippen molar-refractivity contribution in [1.82, 2.24) is 20.3 Å². The van der Waals surface area contributed by atoms with Crippen molar-refractivity contribution in [3.8, 4) is 0 Å². The van der Waals surface area contributed by atoms with Crippen LogP contribution in [0.1, 0.15) is 45.2 Å². The summed E-state index contributed by atoms with van der Waals surface area (Å²) in [4.78, 5) is 0. The highest BCUT2D eigenvalue weighted by atomic mass is 15.4. The van der Waals surface area contributed by atoms with Gasteiger partial charge in [0.05, 0.1) is 5.69 Å². The maximum Gasteiger partial charge on any atom is 0.0964 e. The van der Waals surface area contributed by atoms with Crippen molar-refractivity contribution in [2.45, 2.75) is 52.6 Å². The molecule has 0 radical (unpaired) electrons. The Morgan fingerprint density at radius 1 is 1.53 bits per heavy atom. The van der Waals surface area contributed by atoms with E-state index in [2.05, 4.69) is 35.7 Å². The van der Waals surface area contributed by atoms with Gasteiger partial charge in [-0.25, -0.2) is 0 Å². The molecular formula is C13H24N4. The van der Waals surface area contributed by atoms with E-state index in [9.17, 15) is 0 Å². The SMILES string of the molecule is CCCC(C)Cn1cc(CNCC2CC2)nn1. The molecule has 0 spiro atoms. The van der Waals surface area contributed by atoms with Gasteiger partial charge in [-0.2, -0.15) is 0 Å². The lowest BCUT2D eigenvalue weighted by Gasteiger charge is -2.08. The molecular weight excluding hydrogens is 212 g/mol. The summed E-state index contributed by atoms with van der Waals surface area (Å²) in [6, 6.07) is 0. The van der Waals surface area contributed by atoms with Crippen LogP contribution in [0.15, 0.2) is 6.20 Å². The van der Waals surface area contributed by atoms with Gasteiger partial charge >= 0.3 is 0 Å². The number of hydrogen-bond donors (Lipinski definition) is 1. The van der Waals surface area contributed by atoms with Crippen LogP contribution in [-0.2, 0) is 13.1 Å². The molecule has 1 atom stereocenters. The van der Waals surface area contributed by atoms with Crippen LogP contribution in [0, 0.1) is 11.8 Å². The first-order valence-corrected chi connectivity index (χ1v) is 6.87. The van der Waals surface area contributed by atoms with Gasteiger partial charge < -0.3 is 5.32 Å². The van der Waals surface area contributed by atoms with Crippen molar-refractivity contribution in [2.75, 3.05) is 6.54 Å². The molecule has 0 saturated heterocycles. The van der Waals surface area contributed by atoms with Crippen molar-refractivity contribution in [2.24, 2.45) is 11.8 Å². The zero-order chi connectivity index (χ0) is 12.1. The van der Waals surface area contributed by atoms with E-state index in [0.717, 1.165) is 31.2 Å². The second kappa shape index (κ2) is 6.15. The maximum absolute atomic E-state index is 4.20. The van der Waals surface area contributed by atoms with E-state index >= 15 is 0 Å². The molecule has 1 aromatic heterocycles. The fourth-order valence-electron chi connectivity index (χ4n) is 2.14. The largest absolute Gasteiger partial charge is 0.311 e. The van der Waals surface area contributed by atoms with Crippen molar-refractivity contribution >= 4 is 0 Å². The lowest BCUT2D eigenvalue weighted by Crippen LogP contribution is -2.16. The van der Waals surface area contributed by atoms with E-state index in [4.69, 9.17) is 0 Å². The van der Waals surface area contributed by atoms with Gasteiger partial charge in [0.2, 0.25) is 0 Å². The molecule has 0 bridgehead atoms. The van der Waals surface area contributed by atoms with E-state index in [1.807, 2.05) is 4.68 Å². The standard InChI is InChI=1S/C13H24N4/c1-3-4-11(2)9-17-10-13(15-16-17)8-14-7-12-5-6-12/h10-12,14H,3-9H2,1-2H3. The summed E-state index contributed by atoms with van der Waals surface area (Å²) in [5, 5.41) is 11.8. The minimum absolute atomic E-state index is 0.689. The zero-order valence-electron chi connectivity index (χ0n) is 11.0. The molecule has 1 saturated carbocycles. The fourth-order valence-corrected chi connectivity index (χ4v) is 2.14. The van der Waals surface area contributed by atoms with Crippen LogP contribution in [0.25, 0.3) is 0 Å². The molecule has 0 aromatic carbocycles. The molecule has 17 heavy (non-hydrogen) atoms. The minimum atomic E-state index is 0.689. The zero-order valence-corrected chi connectivity index (χ0v) is 11.0. The van der Waals surface area contributed by atoms with Gasteiger partial charge in [0, 0.05) is 19.3 Å². The van der Waals surface area contributed by atoms with E-state index in [-0.39, 0.29) is 0 Å². The summed E-state index contributed by atoms with van der Waals surface area (Å²) < 4.78 is 1.98. The van der Waals surface area contributed by atoms with Crippen LogP contribution in [0.5, 0.6) is 0 Å². The number of hydrogen-bond acceptors (Lipinski definition) is 3. The van der Waals surface area contributed by atoms with Gasteiger partial charge in [0.25, 0.3) is 0 Å². The Labute approximate surface area is 104 Å². The van der Waals surface area contributed by atoms with Crippen molar-refractivity contribution in [3.05, 3.63) is 11.9 Å². The predicted octanol–water partition coefficient (Wildman–Crippen LogP) is 2.21. The van der Waals surface area contributed by atoms with Gasteiger partial charge in [-0.1, -0.05) is 25.5 Å². The summed E-state index contributed by atoms with van der Waals surface area (Å²) >= 11 is 0. The van der Waals surface area contributed by atoms with Gasteiger partial charge in [-0.3, -0.25) is 4.68 Å². The Hall–Kier alpha value is -0.900. The summed E-state index contributed by atoms with van der Waals surface area (Å²) in [6.45, 7) is 7.49. The maximum atomic E-state index is 4.20. The lowest BCUT2D eigenvalue weighted by molar-refractivity contribution is 0.414. The summed E-state index contributed by atoms with van der Waals surface area (Å²) in [5.74, 6) is 1.61. The van der Waals surface area contributed by atoms with Crippen molar-refractivity contribution in [3.63, 3.8) is 0 Å². The van der Waals surface area contributed by atoms with Crippen LogP contribution < -0.4 is 5.32 Å². The van der Waals surface area contributed by atoms with Crippen LogP contribution in [0.3, 0.4) is 0 Å². The van der Waals surface area contributed by atoms with Crippen LogP contribution >= 0.6 is 0 Å². The smallest absolute Gasteiger partial charge is 0.0964 e. The molecule has 4 nitrogen and oxygen atoms in total. The van der Waals surface area contributed by atoms with E-state index in [1.54, 1.807) is 0 Å². The third kappa shape index (κ3) is 4.46. The monoisotopic (exact) mass is 236 g/mol. The summed E-state index contributed by atoms with van der Waals surface area (Å²) in [7, 11) is 0. The molecule has 0 amide bonds. The topological polar surface area (TPSA) is 42.7 Å². The average Bonchev–Trinajstić information content (AvgIpc) is 3.00. The first-order chi connectivity index (χ1) is 8.28. The number of rotatable bonds is 8. The Morgan fingerprint density at radius 3 is 3.06 bits per heavy atom. The first kappa shape index (κ1) is 12.6. The third-order valence-electron chi connectivity index (χ3n) is 3.30. The minimum Gasteiger partial charge on any atom is -0.311 e. The highest BCUT2D eigenvalue weighted by Gasteiger charge is 2.20. The van der Waals surface area contributed by atoms with E-state index in [0.29, 0.717) is 5.92 Å². The second-order valence-electron chi connectivity index (χ2n) is 5.40. The van der Waals surface area contributed by atoms with Gasteiger partial charge in [-0.15, -0.1) is 5.10 Å². The van der Waals surface area contributed by atoms with Crippen LogP contribution in [0.2, 0.25) is 0 Å². The lowest BCUT2D eigenvalue weighted by atomic mass is 10.1. The molecule has 1 aliphatic rings. The predicted molar refractivity (Wildman–Crippen MR) is 68.5 cm³/mol. The van der Waals surface area contributed by atoms with E-state index < -0.39 is 0 Å². The Balaban J connectivity index is 1.70. The summed E-state index contributed by atoms with van der Waals surface area (Å²) in [6.07, 6.45) is 7.37. The Bertz CT molecular complexity index is 330. The summed E-state index contributed by atoms with van der Waals surface area (Å²) in [5.41, 5.74) is 1.06. The molecule has 96 valence electrons. The molecule has 0 aliphatic heterocycles. The van der Waals surface area contributed by atoms with Crippen molar-refractivity contribution < 1.29 is 0 Å². The fraction of sp³-hybridized carbons (Fsp3) is 0.846. The number of nitrogens with zero attached hydrogens (tertiary/aromatic N) is 3. The molecule has 2 rings (SSSR count). The highest BCUT2D eigenvalue weighted by Crippen LogP contribution is 2.27. The highest BCUT2D eigenvalue weighted by molar-refractivity contribution is 4.92. The average molecular weight is 236 g/mol. The Morgan fingerprint density at radius 2 is 2.35 bits per heavy atom. The van der Waals surface area contributed by atoms with Gasteiger partial charge in [0.15, 0.2) is 0 Å². The molecule has 1 aromatic rings. The number of nitrogens with one attached hydrogen (secondary N) is 1. The van der Waals surface area contributed by atoms with Crippen LogP contribution in [0.4, 0.5) is 0 Å².